The third kappa shape index (κ3) is 1.61. The molecule has 0 bridgehead atoms. The van der Waals surface area contributed by atoms with Crippen LogP contribution in [0.3, 0.4) is 0 Å². The highest BCUT2D eigenvalue weighted by molar-refractivity contribution is 5.31. The zero-order valence-corrected chi connectivity index (χ0v) is 10.1. The highest BCUT2D eigenvalue weighted by atomic mass is 15.4. The maximum atomic E-state index is 5.99. The summed E-state index contributed by atoms with van der Waals surface area (Å²) >= 11 is 0. The molecule has 1 aliphatic heterocycles. The Morgan fingerprint density at radius 2 is 2.12 bits per heavy atom. The van der Waals surface area contributed by atoms with Gasteiger partial charge in [-0.15, -0.1) is 0 Å². The first-order chi connectivity index (χ1) is 7.65. The third-order valence-corrected chi connectivity index (χ3v) is 3.85. The monoisotopic (exact) mass is 220 g/mol. The molecule has 2 fully saturated rings. The fraction of sp³-hybridized carbons (Fsp3) is 0.750. The van der Waals surface area contributed by atoms with E-state index in [-0.39, 0.29) is 0 Å². The summed E-state index contributed by atoms with van der Waals surface area (Å²) in [5.41, 5.74) is 7.01. The predicted octanol–water partition coefficient (Wildman–Crippen LogP) is 1.57. The second-order valence-corrected chi connectivity index (χ2v) is 5.32. The molecule has 2 atom stereocenters. The fourth-order valence-electron chi connectivity index (χ4n) is 2.95. The minimum atomic E-state index is 0.476. The van der Waals surface area contributed by atoms with E-state index in [0.29, 0.717) is 12.1 Å². The number of rotatable bonds is 2. The van der Waals surface area contributed by atoms with Gasteiger partial charge in [0.05, 0.1) is 11.7 Å². The number of hydrogen-bond acceptors (Lipinski definition) is 3. The number of likely N-dealkylation sites (tertiary alicyclic amines) is 1. The topological polar surface area (TPSA) is 47.1 Å². The summed E-state index contributed by atoms with van der Waals surface area (Å²) in [5, 5.41) is 4.51. The number of anilines is 1. The van der Waals surface area contributed by atoms with Crippen molar-refractivity contribution in [3.8, 4) is 0 Å². The molecule has 1 aromatic rings. The van der Waals surface area contributed by atoms with Gasteiger partial charge in [0, 0.05) is 24.7 Å². The van der Waals surface area contributed by atoms with Crippen LogP contribution in [0, 0.1) is 6.92 Å². The average Bonchev–Trinajstić information content (AvgIpc) is 2.91. The highest BCUT2D eigenvalue weighted by Gasteiger charge is 2.39. The molecule has 3 rings (SSSR count). The summed E-state index contributed by atoms with van der Waals surface area (Å²) in [7, 11) is 0. The van der Waals surface area contributed by atoms with E-state index in [4.69, 9.17) is 5.73 Å². The van der Waals surface area contributed by atoms with E-state index >= 15 is 0 Å². The number of aromatic nitrogens is 2. The Balaban J connectivity index is 1.79. The first kappa shape index (κ1) is 10.1. The Labute approximate surface area is 96.4 Å². The van der Waals surface area contributed by atoms with E-state index in [9.17, 15) is 0 Å². The second-order valence-electron chi connectivity index (χ2n) is 5.32. The lowest BCUT2D eigenvalue weighted by Gasteiger charge is -2.19. The Morgan fingerprint density at radius 3 is 2.69 bits per heavy atom. The zero-order chi connectivity index (χ0) is 11.3. The number of aryl methyl sites for hydroxylation is 1. The molecule has 1 saturated carbocycles. The van der Waals surface area contributed by atoms with Gasteiger partial charge < -0.3 is 5.73 Å². The predicted molar refractivity (Wildman–Crippen MR) is 64.2 cm³/mol. The molecule has 2 heterocycles. The van der Waals surface area contributed by atoms with Gasteiger partial charge in [-0.1, -0.05) is 0 Å². The van der Waals surface area contributed by atoms with Gasteiger partial charge in [0.1, 0.15) is 5.82 Å². The van der Waals surface area contributed by atoms with Crippen molar-refractivity contribution in [2.75, 3.05) is 12.3 Å². The standard InChI is InChI=1S/C12H20N4/c1-8-5-12(13)16(14-8)11-6-9(2)15(7-11)10-3-4-10/h5,9-11H,3-4,6-7,13H2,1-2H3. The van der Waals surface area contributed by atoms with Gasteiger partial charge in [-0.2, -0.15) is 5.10 Å². The van der Waals surface area contributed by atoms with Crippen LogP contribution in [-0.2, 0) is 0 Å². The van der Waals surface area contributed by atoms with E-state index in [1.807, 2.05) is 17.7 Å². The average molecular weight is 220 g/mol. The molecule has 1 aliphatic carbocycles. The molecule has 1 saturated heterocycles. The van der Waals surface area contributed by atoms with Gasteiger partial charge in [-0.05, 0) is 33.1 Å². The molecule has 4 nitrogen and oxygen atoms in total. The molecular formula is C12H20N4. The molecule has 0 aromatic carbocycles. The van der Waals surface area contributed by atoms with Crippen LogP contribution >= 0.6 is 0 Å². The number of nitrogens with two attached hydrogens (primary N) is 1. The Bertz CT molecular complexity index is 394. The van der Waals surface area contributed by atoms with Gasteiger partial charge >= 0.3 is 0 Å². The molecule has 16 heavy (non-hydrogen) atoms. The van der Waals surface area contributed by atoms with E-state index in [1.54, 1.807) is 0 Å². The van der Waals surface area contributed by atoms with Crippen molar-refractivity contribution < 1.29 is 0 Å². The molecule has 0 spiro atoms. The second kappa shape index (κ2) is 3.48. The fourth-order valence-corrected chi connectivity index (χ4v) is 2.95. The van der Waals surface area contributed by atoms with Crippen molar-refractivity contribution in [3.05, 3.63) is 11.8 Å². The van der Waals surface area contributed by atoms with Gasteiger partial charge in [0.25, 0.3) is 0 Å². The van der Waals surface area contributed by atoms with Crippen molar-refractivity contribution in [3.63, 3.8) is 0 Å². The lowest BCUT2D eigenvalue weighted by Crippen LogP contribution is -2.29. The summed E-state index contributed by atoms with van der Waals surface area (Å²) in [5.74, 6) is 0.812. The lowest BCUT2D eigenvalue weighted by molar-refractivity contribution is 0.252. The number of nitrogen functional groups attached to an aromatic ring is 1. The van der Waals surface area contributed by atoms with Crippen LogP contribution in [0.2, 0.25) is 0 Å². The molecule has 2 N–H and O–H groups in total. The largest absolute Gasteiger partial charge is 0.384 e. The molecule has 0 radical (unpaired) electrons. The first-order valence-electron chi connectivity index (χ1n) is 6.22. The van der Waals surface area contributed by atoms with Crippen LogP contribution in [0.25, 0.3) is 0 Å². The third-order valence-electron chi connectivity index (χ3n) is 3.85. The molecule has 1 aromatic heterocycles. The molecule has 88 valence electrons. The number of nitrogens with zero attached hydrogens (tertiary/aromatic N) is 3. The van der Waals surface area contributed by atoms with Gasteiger partial charge in [-0.25, -0.2) is 4.68 Å². The summed E-state index contributed by atoms with van der Waals surface area (Å²) in [6.45, 7) is 5.45. The smallest absolute Gasteiger partial charge is 0.122 e. The summed E-state index contributed by atoms with van der Waals surface area (Å²) < 4.78 is 2.02. The summed E-state index contributed by atoms with van der Waals surface area (Å²) in [6.07, 6.45) is 3.94. The normalized spacial score (nSPS) is 31.1. The van der Waals surface area contributed by atoms with Crippen LogP contribution < -0.4 is 5.73 Å². The zero-order valence-electron chi connectivity index (χ0n) is 10.1. The van der Waals surface area contributed by atoms with Crippen molar-refractivity contribution in [1.29, 1.82) is 0 Å². The van der Waals surface area contributed by atoms with Crippen LogP contribution in [-0.4, -0.2) is 33.3 Å². The van der Waals surface area contributed by atoms with Crippen LogP contribution in [0.4, 0.5) is 5.82 Å². The van der Waals surface area contributed by atoms with Crippen molar-refractivity contribution in [2.24, 2.45) is 0 Å². The van der Waals surface area contributed by atoms with E-state index in [2.05, 4.69) is 16.9 Å². The molecule has 0 amide bonds. The first-order valence-corrected chi connectivity index (χ1v) is 6.22. The van der Waals surface area contributed by atoms with E-state index in [0.717, 1.165) is 24.1 Å². The molecule has 2 aliphatic rings. The minimum absolute atomic E-state index is 0.476. The van der Waals surface area contributed by atoms with Crippen molar-refractivity contribution in [1.82, 2.24) is 14.7 Å². The highest BCUT2D eigenvalue weighted by Crippen LogP contribution is 2.37. The van der Waals surface area contributed by atoms with Crippen molar-refractivity contribution >= 4 is 5.82 Å². The maximum Gasteiger partial charge on any atom is 0.122 e. The van der Waals surface area contributed by atoms with Crippen LogP contribution in [0.5, 0.6) is 0 Å². The van der Waals surface area contributed by atoms with E-state index < -0.39 is 0 Å². The van der Waals surface area contributed by atoms with Gasteiger partial charge in [0.15, 0.2) is 0 Å². The minimum Gasteiger partial charge on any atom is -0.384 e. The maximum absolute atomic E-state index is 5.99. The SMILES string of the molecule is Cc1cc(N)n(C2CC(C)N(C3CC3)C2)n1. The molecule has 4 heteroatoms. The quantitative estimate of drug-likeness (QED) is 0.823. The molecular weight excluding hydrogens is 200 g/mol. The van der Waals surface area contributed by atoms with Gasteiger partial charge in [-0.3, -0.25) is 4.90 Å². The summed E-state index contributed by atoms with van der Waals surface area (Å²) in [4.78, 5) is 2.63. The van der Waals surface area contributed by atoms with Crippen LogP contribution in [0.15, 0.2) is 6.07 Å². The Hall–Kier alpha value is -1.03. The molecule has 2 unspecified atom stereocenters. The number of hydrogen-bond donors (Lipinski definition) is 1. The van der Waals surface area contributed by atoms with Crippen LogP contribution in [0.1, 0.15) is 37.9 Å². The lowest BCUT2D eigenvalue weighted by atomic mass is 10.2. The summed E-state index contributed by atoms with van der Waals surface area (Å²) in [6, 6.07) is 3.97. The Morgan fingerprint density at radius 1 is 1.38 bits per heavy atom. The van der Waals surface area contributed by atoms with E-state index in [1.165, 1.54) is 19.3 Å². The van der Waals surface area contributed by atoms with Crippen molar-refractivity contribution in [2.45, 2.75) is 51.2 Å². The Kier molecular flexibility index (Phi) is 2.21. The van der Waals surface area contributed by atoms with Gasteiger partial charge in [0.2, 0.25) is 0 Å².